The monoisotopic (exact) mass is 295 g/mol. The normalized spacial score (nSPS) is 25.7. The van der Waals surface area contributed by atoms with Crippen molar-refractivity contribution in [3.63, 3.8) is 0 Å². The standard InChI is InChI=1S/C15H25N3O3/c1-8(2)6-11-10(7-9(3)16-11)12-13(19)17(4)15(21)18(5)14(12)20/h8-11,16,19H,6-7H2,1-5H3. The van der Waals surface area contributed by atoms with Gasteiger partial charge in [0, 0.05) is 32.1 Å². The highest BCUT2D eigenvalue weighted by molar-refractivity contribution is 5.30. The molecule has 2 heterocycles. The Morgan fingerprint density at radius 1 is 1.29 bits per heavy atom. The van der Waals surface area contributed by atoms with Crippen molar-refractivity contribution in [1.82, 2.24) is 14.5 Å². The van der Waals surface area contributed by atoms with Crippen LogP contribution in [0.2, 0.25) is 0 Å². The van der Waals surface area contributed by atoms with Gasteiger partial charge < -0.3 is 10.4 Å². The number of hydrogen-bond donors (Lipinski definition) is 2. The largest absolute Gasteiger partial charge is 0.494 e. The number of nitrogens with zero attached hydrogens (tertiary/aromatic N) is 2. The lowest BCUT2D eigenvalue weighted by atomic mass is 9.87. The minimum atomic E-state index is -0.499. The van der Waals surface area contributed by atoms with Crippen LogP contribution in [0.1, 0.15) is 45.1 Å². The second kappa shape index (κ2) is 5.67. The van der Waals surface area contributed by atoms with E-state index in [-0.39, 0.29) is 23.4 Å². The Hall–Kier alpha value is -1.56. The third-order valence-corrected chi connectivity index (χ3v) is 4.36. The van der Waals surface area contributed by atoms with Gasteiger partial charge in [-0.05, 0) is 25.7 Å². The van der Waals surface area contributed by atoms with Crippen LogP contribution < -0.4 is 16.6 Å². The molecule has 1 aliphatic heterocycles. The number of nitrogens with one attached hydrogen (secondary N) is 1. The molecule has 0 bridgehead atoms. The highest BCUT2D eigenvalue weighted by Gasteiger charge is 2.37. The van der Waals surface area contributed by atoms with Crippen molar-refractivity contribution in [2.75, 3.05) is 0 Å². The molecule has 6 heteroatoms. The minimum Gasteiger partial charge on any atom is -0.494 e. The molecule has 3 atom stereocenters. The van der Waals surface area contributed by atoms with Crippen molar-refractivity contribution in [3.05, 3.63) is 26.4 Å². The maximum atomic E-state index is 12.4. The lowest BCUT2D eigenvalue weighted by molar-refractivity contribution is 0.377. The van der Waals surface area contributed by atoms with Crippen molar-refractivity contribution in [2.24, 2.45) is 20.0 Å². The molecule has 1 aliphatic rings. The van der Waals surface area contributed by atoms with Gasteiger partial charge in [-0.1, -0.05) is 13.8 Å². The van der Waals surface area contributed by atoms with Gasteiger partial charge in [-0.2, -0.15) is 0 Å². The van der Waals surface area contributed by atoms with Crippen LogP contribution in [-0.2, 0) is 14.1 Å². The summed E-state index contributed by atoms with van der Waals surface area (Å²) in [5.74, 6) is 0.236. The average molecular weight is 295 g/mol. The van der Waals surface area contributed by atoms with E-state index in [2.05, 4.69) is 26.1 Å². The van der Waals surface area contributed by atoms with E-state index in [1.807, 2.05) is 0 Å². The molecule has 2 N–H and O–H groups in total. The van der Waals surface area contributed by atoms with Gasteiger partial charge >= 0.3 is 5.69 Å². The molecule has 0 radical (unpaired) electrons. The Bertz CT molecular complexity index is 645. The van der Waals surface area contributed by atoms with E-state index in [1.165, 1.54) is 14.1 Å². The van der Waals surface area contributed by atoms with E-state index in [0.717, 1.165) is 22.0 Å². The van der Waals surface area contributed by atoms with Crippen LogP contribution in [0.25, 0.3) is 0 Å². The van der Waals surface area contributed by atoms with Crippen molar-refractivity contribution >= 4 is 0 Å². The smallest absolute Gasteiger partial charge is 0.333 e. The SMILES string of the molecule is CC(C)CC1NC(C)CC1c1c(O)n(C)c(=O)n(C)c1=O. The number of aromatic hydroxyl groups is 1. The first-order chi connectivity index (χ1) is 9.73. The highest BCUT2D eigenvalue weighted by Crippen LogP contribution is 2.35. The first-order valence-electron chi connectivity index (χ1n) is 7.49. The van der Waals surface area contributed by atoms with E-state index >= 15 is 0 Å². The molecule has 0 spiro atoms. The van der Waals surface area contributed by atoms with Gasteiger partial charge in [0.05, 0.1) is 5.56 Å². The molecule has 0 amide bonds. The lowest BCUT2D eigenvalue weighted by Crippen LogP contribution is -2.41. The van der Waals surface area contributed by atoms with E-state index in [9.17, 15) is 14.7 Å². The van der Waals surface area contributed by atoms with E-state index in [1.54, 1.807) is 0 Å². The number of rotatable bonds is 3. The van der Waals surface area contributed by atoms with E-state index in [4.69, 9.17) is 0 Å². The van der Waals surface area contributed by atoms with Gasteiger partial charge in [0.15, 0.2) is 0 Å². The molecule has 1 saturated heterocycles. The summed E-state index contributed by atoms with van der Waals surface area (Å²) in [4.78, 5) is 24.3. The van der Waals surface area contributed by atoms with Gasteiger partial charge in [0.25, 0.3) is 5.56 Å². The molecule has 0 saturated carbocycles. The molecule has 1 aromatic rings. The summed E-state index contributed by atoms with van der Waals surface area (Å²) in [5.41, 5.74) is -0.520. The Labute approximate surface area is 124 Å². The topological polar surface area (TPSA) is 76.3 Å². The van der Waals surface area contributed by atoms with Crippen LogP contribution >= 0.6 is 0 Å². The predicted octanol–water partition coefficient (Wildman–Crippen LogP) is 0.670. The summed E-state index contributed by atoms with van der Waals surface area (Å²) in [7, 11) is 2.95. The van der Waals surface area contributed by atoms with E-state index in [0.29, 0.717) is 17.5 Å². The molecule has 2 rings (SSSR count). The van der Waals surface area contributed by atoms with Crippen LogP contribution in [0.3, 0.4) is 0 Å². The first kappa shape index (κ1) is 15.8. The maximum absolute atomic E-state index is 12.4. The number of aromatic nitrogens is 2. The molecular weight excluding hydrogens is 270 g/mol. The molecule has 0 aliphatic carbocycles. The quantitative estimate of drug-likeness (QED) is 0.859. The second-order valence-electron chi connectivity index (χ2n) is 6.59. The van der Waals surface area contributed by atoms with Gasteiger partial charge in [-0.15, -0.1) is 0 Å². The van der Waals surface area contributed by atoms with Crippen LogP contribution in [0.4, 0.5) is 0 Å². The fourth-order valence-electron chi connectivity index (χ4n) is 3.34. The Balaban J connectivity index is 2.55. The zero-order chi connectivity index (χ0) is 15.9. The van der Waals surface area contributed by atoms with Crippen LogP contribution in [0.15, 0.2) is 9.59 Å². The molecule has 118 valence electrons. The molecule has 1 aromatic heterocycles. The zero-order valence-corrected chi connectivity index (χ0v) is 13.4. The van der Waals surface area contributed by atoms with Crippen molar-refractivity contribution < 1.29 is 5.11 Å². The molecule has 6 nitrogen and oxygen atoms in total. The Kier molecular flexibility index (Phi) is 4.27. The zero-order valence-electron chi connectivity index (χ0n) is 13.4. The Morgan fingerprint density at radius 3 is 2.48 bits per heavy atom. The third kappa shape index (κ3) is 2.77. The molecule has 0 aromatic carbocycles. The third-order valence-electron chi connectivity index (χ3n) is 4.36. The van der Waals surface area contributed by atoms with E-state index < -0.39 is 5.69 Å². The average Bonchev–Trinajstić information content (AvgIpc) is 2.74. The van der Waals surface area contributed by atoms with Crippen molar-refractivity contribution in [2.45, 2.75) is 51.6 Å². The van der Waals surface area contributed by atoms with Crippen LogP contribution in [0, 0.1) is 5.92 Å². The van der Waals surface area contributed by atoms with Gasteiger partial charge in [-0.25, -0.2) is 4.79 Å². The highest BCUT2D eigenvalue weighted by atomic mass is 16.3. The summed E-state index contributed by atoms with van der Waals surface area (Å²) in [6, 6.07) is 0.441. The lowest BCUT2D eigenvalue weighted by Gasteiger charge is -2.22. The molecule has 3 unspecified atom stereocenters. The van der Waals surface area contributed by atoms with Crippen molar-refractivity contribution in [3.8, 4) is 5.88 Å². The summed E-state index contributed by atoms with van der Waals surface area (Å²) < 4.78 is 2.22. The number of hydrogen-bond acceptors (Lipinski definition) is 4. The molecular formula is C15H25N3O3. The van der Waals surface area contributed by atoms with Gasteiger partial charge in [0.2, 0.25) is 5.88 Å². The predicted molar refractivity (Wildman–Crippen MR) is 81.8 cm³/mol. The Morgan fingerprint density at radius 2 is 1.90 bits per heavy atom. The van der Waals surface area contributed by atoms with Crippen LogP contribution in [-0.4, -0.2) is 26.3 Å². The minimum absolute atomic E-state index is 0.0621. The fraction of sp³-hybridized carbons (Fsp3) is 0.733. The summed E-state index contributed by atoms with van der Waals surface area (Å²) >= 11 is 0. The summed E-state index contributed by atoms with van der Waals surface area (Å²) in [6.45, 7) is 6.36. The second-order valence-corrected chi connectivity index (χ2v) is 6.59. The first-order valence-corrected chi connectivity index (χ1v) is 7.49. The van der Waals surface area contributed by atoms with Crippen LogP contribution in [0.5, 0.6) is 5.88 Å². The fourth-order valence-corrected chi connectivity index (χ4v) is 3.34. The maximum Gasteiger partial charge on any atom is 0.333 e. The van der Waals surface area contributed by atoms with Gasteiger partial charge in [-0.3, -0.25) is 13.9 Å². The summed E-state index contributed by atoms with van der Waals surface area (Å²) in [6.07, 6.45) is 1.72. The van der Waals surface area contributed by atoms with Gasteiger partial charge in [0.1, 0.15) is 0 Å². The summed E-state index contributed by atoms with van der Waals surface area (Å²) in [5, 5.41) is 13.8. The molecule has 21 heavy (non-hydrogen) atoms. The van der Waals surface area contributed by atoms with Crippen molar-refractivity contribution in [1.29, 1.82) is 0 Å². The molecule has 1 fully saturated rings.